The summed E-state index contributed by atoms with van der Waals surface area (Å²) in [5.41, 5.74) is 0.743. The Hall–Kier alpha value is -1.35. The van der Waals surface area contributed by atoms with E-state index in [0.29, 0.717) is 0 Å². The monoisotopic (exact) mass is 274 g/mol. The van der Waals surface area contributed by atoms with Crippen molar-refractivity contribution in [3.63, 3.8) is 0 Å². The molecule has 1 fully saturated rings. The number of carbonyl (C=O) groups excluding carboxylic acids is 1. The first-order valence-electron chi connectivity index (χ1n) is 7.70. The first-order chi connectivity index (χ1) is 9.65. The fourth-order valence-electron chi connectivity index (χ4n) is 3.17. The van der Waals surface area contributed by atoms with Crippen LogP contribution in [0.15, 0.2) is 30.3 Å². The molecule has 0 radical (unpaired) electrons. The zero-order valence-corrected chi connectivity index (χ0v) is 12.6. The zero-order chi connectivity index (χ0) is 14.4. The number of nitrogens with one attached hydrogen (secondary N) is 1. The minimum Gasteiger partial charge on any atom is -0.352 e. The highest BCUT2D eigenvalue weighted by Gasteiger charge is 2.20. The predicted octanol–water partition coefficient (Wildman–Crippen LogP) is 2.78. The van der Waals surface area contributed by atoms with Crippen molar-refractivity contribution < 1.29 is 4.79 Å². The lowest BCUT2D eigenvalue weighted by molar-refractivity contribution is 0.0947. The SMILES string of the molecule is C[C@H]1C[C@H](C)CN(CCCNC(=O)c2ccccc2)C1. The van der Waals surface area contributed by atoms with Crippen molar-refractivity contribution in [3.05, 3.63) is 35.9 Å². The van der Waals surface area contributed by atoms with Crippen molar-refractivity contribution in [2.45, 2.75) is 26.7 Å². The van der Waals surface area contributed by atoms with E-state index < -0.39 is 0 Å². The van der Waals surface area contributed by atoms with E-state index in [9.17, 15) is 4.79 Å². The van der Waals surface area contributed by atoms with Crippen LogP contribution in [0.1, 0.15) is 37.0 Å². The van der Waals surface area contributed by atoms with E-state index in [2.05, 4.69) is 24.1 Å². The molecule has 20 heavy (non-hydrogen) atoms. The summed E-state index contributed by atoms with van der Waals surface area (Å²) in [6.45, 7) is 8.92. The Labute approximate surface area is 122 Å². The van der Waals surface area contributed by atoms with Gasteiger partial charge in [0.15, 0.2) is 0 Å². The Morgan fingerprint density at radius 2 is 1.85 bits per heavy atom. The molecule has 2 rings (SSSR count). The molecular formula is C17H26N2O. The van der Waals surface area contributed by atoms with Crippen molar-refractivity contribution in [2.75, 3.05) is 26.2 Å². The third kappa shape index (κ3) is 4.64. The number of likely N-dealkylation sites (tertiary alicyclic amines) is 1. The zero-order valence-electron chi connectivity index (χ0n) is 12.6. The van der Waals surface area contributed by atoms with Crippen molar-refractivity contribution >= 4 is 5.91 Å². The Balaban J connectivity index is 1.65. The second-order valence-electron chi connectivity index (χ2n) is 6.18. The van der Waals surface area contributed by atoms with Gasteiger partial charge in [-0.15, -0.1) is 0 Å². The minimum absolute atomic E-state index is 0.0333. The Morgan fingerprint density at radius 3 is 2.50 bits per heavy atom. The van der Waals surface area contributed by atoms with Crippen molar-refractivity contribution in [1.29, 1.82) is 0 Å². The first-order valence-corrected chi connectivity index (χ1v) is 7.70. The molecule has 0 bridgehead atoms. The summed E-state index contributed by atoms with van der Waals surface area (Å²) in [5.74, 6) is 1.64. The third-order valence-corrected chi connectivity index (χ3v) is 3.92. The number of piperidine rings is 1. The lowest BCUT2D eigenvalue weighted by Crippen LogP contribution is -2.40. The summed E-state index contributed by atoms with van der Waals surface area (Å²) in [7, 11) is 0. The molecule has 1 aromatic carbocycles. The average Bonchev–Trinajstić information content (AvgIpc) is 2.43. The molecule has 1 heterocycles. The van der Waals surface area contributed by atoms with Gasteiger partial charge in [-0.1, -0.05) is 32.0 Å². The van der Waals surface area contributed by atoms with Crippen LogP contribution in [0.2, 0.25) is 0 Å². The molecule has 1 saturated heterocycles. The van der Waals surface area contributed by atoms with Crippen LogP contribution in [0, 0.1) is 11.8 Å². The molecule has 0 unspecified atom stereocenters. The molecule has 0 spiro atoms. The van der Waals surface area contributed by atoms with Gasteiger partial charge >= 0.3 is 0 Å². The molecule has 0 aliphatic carbocycles. The summed E-state index contributed by atoms with van der Waals surface area (Å²) in [4.78, 5) is 14.4. The number of hydrogen-bond donors (Lipinski definition) is 1. The molecule has 1 aromatic rings. The van der Waals surface area contributed by atoms with Gasteiger partial charge in [0.05, 0.1) is 0 Å². The third-order valence-electron chi connectivity index (χ3n) is 3.92. The smallest absolute Gasteiger partial charge is 0.251 e. The fraction of sp³-hybridized carbons (Fsp3) is 0.588. The number of hydrogen-bond acceptors (Lipinski definition) is 2. The van der Waals surface area contributed by atoms with Gasteiger partial charge in [0.2, 0.25) is 0 Å². The molecule has 1 N–H and O–H groups in total. The Morgan fingerprint density at radius 1 is 1.20 bits per heavy atom. The number of benzene rings is 1. The summed E-state index contributed by atoms with van der Waals surface area (Å²) in [6, 6.07) is 9.42. The maximum Gasteiger partial charge on any atom is 0.251 e. The lowest BCUT2D eigenvalue weighted by atomic mass is 9.92. The molecule has 3 nitrogen and oxygen atoms in total. The highest BCUT2D eigenvalue weighted by molar-refractivity contribution is 5.94. The van der Waals surface area contributed by atoms with Crippen LogP contribution in [-0.4, -0.2) is 37.0 Å². The number of amides is 1. The highest BCUT2D eigenvalue weighted by Crippen LogP contribution is 2.20. The van der Waals surface area contributed by atoms with Crippen LogP contribution >= 0.6 is 0 Å². The van der Waals surface area contributed by atoms with Gasteiger partial charge in [0.1, 0.15) is 0 Å². The molecule has 1 aliphatic heterocycles. The molecule has 2 atom stereocenters. The predicted molar refractivity (Wildman–Crippen MR) is 82.8 cm³/mol. The van der Waals surface area contributed by atoms with Crippen LogP contribution in [0.3, 0.4) is 0 Å². The standard InChI is InChI=1S/C17H26N2O/c1-14-11-15(2)13-19(12-14)10-6-9-18-17(20)16-7-4-3-5-8-16/h3-5,7-8,14-15H,6,9-13H2,1-2H3,(H,18,20)/t14-,15-/m0/s1. The van der Waals surface area contributed by atoms with Gasteiger partial charge in [0.25, 0.3) is 5.91 Å². The summed E-state index contributed by atoms with van der Waals surface area (Å²) >= 11 is 0. The molecule has 0 aromatic heterocycles. The summed E-state index contributed by atoms with van der Waals surface area (Å²) < 4.78 is 0. The normalized spacial score (nSPS) is 23.5. The second kappa shape index (κ2) is 7.44. The molecule has 1 amide bonds. The number of nitrogens with zero attached hydrogens (tertiary/aromatic N) is 1. The minimum atomic E-state index is 0.0333. The largest absolute Gasteiger partial charge is 0.352 e. The fourth-order valence-corrected chi connectivity index (χ4v) is 3.17. The Kier molecular flexibility index (Phi) is 5.60. The van der Waals surface area contributed by atoms with E-state index in [1.807, 2.05) is 30.3 Å². The first kappa shape index (κ1) is 15.0. The van der Waals surface area contributed by atoms with E-state index in [1.54, 1.807) is 0 Å². The van der Waals surface area contributed by atoms with E-state index in [-0.39, 0.29) is 5.91 Å². The number of rotatable bonds is 5. The average molecular weight is 274 g/mol. The van der Waals surface area contributed by atoms with Crippen LogP contribution < -0.4 is 5.32 Å². The van der Waals surface area contributed by atoms with Crippen LogP contribution in [0.25, 0.3) is 0 Å². The molecular weight excluding hydrogens is 248 g/mol. The van der Waals surface area contributed by atoms with Crippen molar-refractivity contribution in [3.8, 4) is 0 Å². The summed E-state index contributed by atoms with van der Waals surface area (Å²) in [5, 5.41) is 3.00. The topological polar surface area (TPSA) is 32.3 Å². The van der Waals surface area contributed by atoms with Gasteiger partial charge in [-0.2, -0.15) is 0 Å². The van der Waals surface area contributed by atoms with Gasteiger partial charge in [-0.3, -0.25) is 4.79 Å². The molecule has 3 heteroatoms. The van der Waals surface area contributed by atoms with E-state index >= 15 is 0 Å². The Bertz CT molecular complexity index is 408. The van der Waals surface area contributed by atoms with E-state index in [0.717, 1.165) is 36.9 Å². The second-order valence-corrected chi connectivity index (χ2v) is 6.18. The van der Waals surface area contributed by atoms with E-state index in [4.69, 9.17) is 0 Å². The summed E-state index contributed by atoms with van der Waals surface area (Å²) in [6.07, 6.45) is 2.37. The molecule has 1 aliphatic rings. The quantitative estimate of drug-likeness (QED) is 0.837. The highest BCUT2D eigenvalue weighted by atomic mass is 16.1. The molecule has 110 valence electrons. The van der Waals surface area contributed by atoms with Crippen molar-refractivity contribution in [1.82, 2.24) is 10.2 Å². The van der Waals surface area contributed by atoms with Gasteiger partial charge in [-0.25, -0.2) is 0 Å². The van der Waals surface area contributed by atoms with Gasteiger partial charge in [-0.05, 0) is 43.4 Å². The maximum absolute atomic E-state index is 11.9. The van der Waals surface area contributed by atoms with Crippen LogP contribution in [-0.2, 0) is 0 Å². The number of carbonyl (C=O) groups is 1. The van der Waals surface area contributed by atoms with Crippen molar-refractivity contribution in [2.24, 2.45) is 11.8 Å². The van der Waals surface area contributed by atoms with Crippen LogP contribution in [0.4, 0.5) is 0 Å². The van der Waals surface area contributed by atoms with Gasteiger partial charge in [0, 0.05) is 25.2 Å². The van der Waals surface area contributed by atoms with Gasteiger partial charge < -0.3 is 10.2 Å². The van der Waals surface area contributed by atoms with Crippen LogP contribution in [0.5, 0.6) is 0 Å². The lowest BCUT2D eigenvalue weighted by Gasteiger charge is -2.34. The van der Waals surface area contributed by atoms with E-state index in [1.165, 1.54) is 19.5 Å². The molecule has 0 saturated carbocycles. The maximum atomic E-state index is 11.9.